The maximum atomic E-state index is 13.0. The van der Waals surface area contributed by atoms with Crippen molar-refractivity contribution in [1.29, 1.82) is 0 Å². The minimum absolute atomic E-state index is 0.0475. The molecule has 0 radical (unpaired) electrons. The number of aromatic carboxylic acids is 1. The number of rotatable bonds is 3. The number of nitrogens with zero attached hydrogens (tertiary/aromatic N) is 1. The third-order valence-corrected chi connectivity index (χ3v) is 3.71. The normalized spacial score (nSPS) is 15.7. The van der Waals surface area contributed by atoms with Crippen LogP contribution in [0.2, 0.25) is 0 Å². The summed E-state index contributed by atoms with van der Waals surface area (Å²) in [6.45, 7) is 0. The summed E-state index contributed by atoms with van der Waals surface area (Å²) in [5.41, 5.74) is 1.37. The van der Waals surface area contributed by atoms with Crippen LogP contribution in [0.5, 0.6) is 0 Å². The van der Waals surface area contributed by atoms with Crippen molar-refractivity contribution in [2.24, 2.45) is 0 Å². The monoisotopic (exact) mass is 341 g/mol. The van der Waals surface area contributed by atoms with E-state index in [0.717, 1.165) is 0 Å². The van der Waals surface area contributed by atoms with E-state index >= 15 is 0 Å². The molecule has 7 heteroatoms. The molecule has 0 spiro atoms. The molecule has 5 nitrogen and oxygen atoms in total. The molecule has 1 N–H and O–H groups in total. The summed E-state index contributed by atoms with van der Waals surface area (Å²) in [6.07, 6.45) is 1.55. The molecule has 3 rings (SSSR count). The molecule has 1 aliphatic rings. The number of benzene rings is 2. The fourth-order valence-electron chi connectivity index (χ4n) is 2.24. The van der Waals surface area contributed by atoms with Crippen LogP contribution in [0.1, 0.15) is 15.9 Å². The molecule has 1 aliphatic heterocycles. The predicted molar refractivity (Wildman–Crippen MR) is 88.4 cm³/mol. The molecule has 0 saturated carbocycles. The van der Waals surface area contributed by atoms with Gasteiger partial charge in [-0.2, -0.15) is 0 Å². The number of thiocarbonyl (C=S) groups is 1. The van der Waals surface area contributed by atoms with Crippen molar-refractivity contribution in [2.45, 2.75) is 0 Å². The quantitative estimate of drug-likeness (QED) is 0.676. The molecular formula is C17H10FN2O3S-. The second-order valence-electron chi connectivity index (χ2n) is 5.01. The number of halogens is 1. The van der Waals surface area contributed by atoms with Crippen LogP contribution < -0.4 is 15.3 Å². The van der Waals surface area contributed by atoms with E-state index in [0.29, 0.717) is 11.3 Å². The summed E-state index contributed by atoms with van der Waals surface area (Å²) >= 11 is 5.15. The Hall–Kier alpha value is -3.06. The molecule has 2 aromatic rings. The van der Waals surface area contributed by atoms with E-state index in [1.165, 1.54) is 41.3 Å². The largest absolute Gasteiger partial charge is 0.545 e. The van der Waals surface area contributed by atoms with Gasteiger partial charge >= 0.3 is 0 Å². The van der Waals surface area contributed by atoms with Crippen molar-refractivity contribution < 1.29 is 19.1 Å². The summed E-state index contributed by atoms with van der Waals surface area (Å²) in [5, 5.41) is 13.7. The first kappa shape index (κ1) is 15.8. The molecule has 0 unspecified atom stereocenters. The molecule has 120 valence electrons. The van der Waals surface area contributed by atoms with E-state index in [9.17, 15) is 19.1 Å². The Bertz CT molecular complexity index is 860. The Morgan fingerprint density at radius 3 is 2.33 bits per heavy atom. The Morgan fingerprint density at radius 2 is 1.75 bits per heavy atom. The highest BCUT2D eigenvalue weighted by Crippen LogP contribution is 2.22. The van der Waals surface area contributed by atoms with Gasteiger partial charge in [-0.05, 0) is 53.7 Å². The lowest BCUT2D eigenvalue weighted by molar-refractivity contribution is -0.255. The number of anilines is 1. The van der Waals surface area contributed by atoms with Gasteiger partial charge < -0.3 is 15.2 Å². The number of carboxylic acid groups (broad SMARTS) is 1. The fraction of sp³-hybridized carbons (Fsp3) is 0. The van der Waals surface area contributed by atoms with Crippen molar-refractivity contribution in [2.75, 3.05) is 4.90 Å². The highest BCUT2D eigenvalue weighted by atomic mass is 32.1. The lowest BCUT2D eigenvalue weighted by Gasteiger charge is -2.13. The van der Waals surface area contributed by atoms with E-state index in [-0.39, 0.29) is 22.3 Å². The summed E-state index contributed by atoms with van der Waals surface area (Å²) < 4.78 is 13.0. The minimum Gasteiger partial charge on any atom is -0.545 e. The first-order valence-corrected chi connectivity index (χ1v) is 7.30. The predicted octanol–water partition coefficient (Wildman–Crippen LogP) is 1.45. The average Bonchev–Trinajstić information content (AvgIpc) is 2.83. The molecule has 24 heavy (non-hydrogen) atoms. The van der Waals surface area contributed by atoms with Crippen molar-refractivity contribution in [3.8, 4) is 0 Å². The van der Waals surface area contributed by atoms with E-state index in [2.05, 4.69) is 5.32 Å². The van der Waals surface area contributed by atoms with Crippen LogP contribution >= 0.6 is 12.2 Å². The van der Waals surface area contributed by atoms with Crippen LogP contribution in [0.15, 0.2) is 54.2 Å². The van der Waals surface area contributed by atoms with E-state index < -0.39 is 11.8 Å². The zero-order valence-electron chi connectivity index (χ0n) is 12.2. The van der Waals surface area contributed by atoms with Gasteiger partial charge in [-0.3, -0.25) is 9.69 Å². The van der Waals surface area contributed by atoms with Crippen LogP contribution in [0.3, 0.4) is 0 Å². The Balaban J connectivity index is 1.87. The standard InChI is InChI=1S/C17H11FN2O3S/c18-12-5-7-13(8-6-12)20-15(21)14(19-17(20)24)9-10-1-3-11(4-2-10)16(22)23/h1-9H,(H,19,24)(H,22,23)/p-1/b14-9-. The maximum Gasteiger partial charge on any atom is 0.281 e. The van der Waals surface area contributed by atoms with Gasteiger partial charge in [-0.15, -0.1) is 0 Å². The fourth-order valence-corrected chi connectivity index (χ4v) is 2.54. The number of hydrogen-bond acceptors (Lipinski definition) is 4. The molecular weight excluding hydrogens is 331 g/mol. The van der Waals surface area contributed by atoms with Crippen LogP contribution in [0, 0.1) is 5.82 Å². The lowest BCUT2D eigenvalue weighted by Crippen LogP contribution is -2.30. The number of nitrogens with one attached hydrogen (secondary N) is 1. The zero-order valence-corrected chi connectivity index (χ0v) is 13.0. The maximum absolute atomic E-state index is 13.0. The number of hydrogen-bond donors (Lipinski definition) is 1. The van der Waals surface area contributed by atoms with Crippen molar-refractivity contribution in [1.82, 2.24) is 5.32 Å². The second kappa shape index (κ2) is 6.21. The first-order chi connectivity index (χ1) is 11.5. The van der Waals surface area contributed by atoms with Gasteiger partial charge in [0.1, 0.15) is 11.5 Å². The number of carboxylic acids is 1. The molecule has 0 atom stereocenters. The van der Waals surface area contributed by atoms with Crippen molar-refractivity contribution in [3.63, 3.8) is 0 Å². The Morgan fingerprint density at radius 1 is 1.12 bits per heavy atom. The third-order valence-electron chi connectivity index (χ3n) is 3.42. The average molecular weight is 341 g/mol. The van der Waals surface area contributed by atoms with Gasteiger partial charge in [0.15, 0.2) is 5.11 Å². The summed E-state index contributed by atoms with van der Waals surface area (Å²) in [7, 11) is 0. The van der Waals surface area contributed by atoms with Crippen LogP contribution in [-0.4, -0.2) is 17.0 Å². The van der Waals surface area contributed by atoms with Gasteiger partial charge in [-0.1, -0.05) is 24.3 Å². The topological polar surface area (TPSA) is 72.5 Å². The molecule has 1 fully saturated rings. The summed E-state index contributed by atoms with van der Waals surface area (Å²) in [6, 6.07) is 11.3. The molecule has 1 saturated heterocycles. The SMILES string of the molecule is O=C([O-])c1ccc(/C=C2\NC(=S)N(c3ccc(F)cc3)C2=O)cc1. The van der Waals surface area contributed by atoms with Crippen LogP contribution in [0.25, 0.3) is 6.08 Å². The van der Waals surface area contributed by atoms with Crippen molar-refractivity contribution in [3.05, 3.63) is 71.2 Å². The molecule has 1 amide bonds. The molecule has 1 heterocycles. The van der Waals surface area contributed by atoms with E-state index in [1.54, 1.807) is 18.2 Å². The van der Waals surface area contributed by atoms with Crippen LogP contribution in [0.4, 0.5) is 10.1 Å². The highest BCUT2D eigenvalue weighted by Gasteiger charge is 2.31. The van der Waals surface area contributed by atoms with Gasteiger partial charge in [0, 0.05) is 0 Å². The van der Waals surface area contributed by atoms with Gasteiger partial charge in [0.25, 0.3) is 5.91 Å². The van der Waals surface area contributed by atoms with Crippen LogP contribution in [-0.2, 0) is 4.79 Å². The summed E-state index contributed by atoms with van der Waals surface area (Å²) in [5.74, 6) is -2.06. The van der Waals surface area contributed by atoms with Gasteiger partial charge in [-0.25, -0.2) is 4.39 Å². The molecule has 2 aromatic carbocycles. The summed E-state index contributed by atoms with van der Waals surface area (Å²) in [4.78, 5) is 24.5. The second-order valence-corrected chi connectivity index (χ2v) is 5.40. The number of carbonyl (C=O) groups excluding carboxylic acids is 2. The smallest absolute Gasteiger partial charge is 0.281 e. The third kappa shape index (κ3) is 3.02. The minimum atomic E-state index is -1.27. The molecule has 0 bridgehead atoms. The highest BCUT2D eigenvalue weighted by molar-refractivity contribution is 7.80. The number of amides is 1. The first-order valence-electron chi connectivity index (χ1n) is 6.90. The number of carbonyl (C=O) groups is 2. The Kier molecular flexibility index (Phi) is 4.09. The Labute approximate surface area is 142 Å². The van der Waals surface area contributed by atoms with Gasteiger partial charge in [0.05, 0.1) is 11.7 Å². The zero-order chi connectivity index (χ0) is 17.3. The van der Waals surface area contributed by atoms with Crippen molar-refractivity contribution >= 4 is 41.0 Å². The molecule has 0 aliphatic carbocycles. The van der Waals surface area contributed by atoms with E-state index in [1.807, 2.05) is 0 Å². The van der Waals surface area contributed by atoms with E-state index in [4.69, 9.17) is 12.2 Å². The van der Waals surface area contributed by atoms with Gasteiger partial charge in [0.2, 0.25) is 0 Å². The lowest BCUT2D eigenvalue weighted by atomic mass is 10.1. The molecule has 0 aromatic heterocycles.